The largest absolute Gasteiger partial charge is 0.436 e. The highest BCUT2D eigenvalue weighted by Crippen LogP contribution is 2.26. The summed E-state index contributed by atoms with van der Waals surface area (Å²) < 4.78 is 19.3. The lowest BCUT2D eigenvalue weighted by Crippen LogP contribution is -2.08. The quantitative estimate of drug-likeness (QED) is 0.927. The molecule has 0 atom stereocenters. The van der Waals surface area contributed by atoms with E-state index in [1.807, 2.05) is 0 Å². The van der Waals surface area contributed by atoms with Crippen molar-refractivity contribution in [2.24, 2.45) is 0 Å². The summed E-state index contributed by atoms with van der Waals surface area (Å²) in [5.74, 6) is 0.0961. The Kier molecular flexibility index (Phi) is 4.35. The van der Waals surface area contributed by atoms with Gasteiger partial charge < -0.3 is 10.1 Å². The van der Waals surface area contributed by atoms with E-state index < -0.39 is 0 Å². The number of halogens is 2. The summed E-state index contributed by atoms with van der Waals surface area (Å²) in [5.41, 5.74) is 1.19. The van der Waals surface area contributed by atoms with Crippen LogP contribution in [0.2, 0.25) is 5.02 Å². The molecule has 0 amide bonds. The molecule has 0 fully saturated rings. The molecule has 5 heteroatoms. The van der Waals surface area contributed by atoms with Crippen LogP contribution >= 0.6 is 11.6 Å². The van der Waals surface area contributed by atoms with E-state index in [2.05, 4.69) is 10.3 Å². The summed E-state index contributed by atoms with van der Waals surface area (Å²) >= 11 is 6.00. The lowest BCUT2D eigenvalue weighted by atomic mass is 10.2. The Morgan fingerprint density at radius 1 is 1.32 bits per heavy atom. The molecule has 0 bridgehead atoms. The third kappa shape index (κ3) is 3.22. The first-order valence-corrected chi connectivity index (χ1v) is 6.22. The van der Waals surface area contributed by atoms with E-state index >= 15 is 0 Å². The fraction of sp³-hybridized carbons (Fsp3) is 0.214. The maximum absolute atomic E-state index is 13.8. The molecular formula is C14H14ClFN2O. The lowest BCUT2D eigenvalue weighted by molar-refractivity contribution is 0.423. The number of pyridine rings is 1. The minimum atomic E-state index is -0.380. The van der Waals surface area contributed by atoms with Crippen LogP contribution in [-0.4, -0.2) is 12.0 Å². The Morgan fingerprint density at radius 3 is 2.84 bits per heavy atom. The van der Waals surface area contributed by atoms with Crippen molar-refractivity contribution in [2.45, 2.75) is 13.5 Å². The molecule has 0 spiro atoms. The highest BCUT2D eigenvalue weighted by Gasteiger charge is 2.09. The van der Waals surface area contributed by atoms with Crippen molar-refractivity contribution in [1.82, 2.24) is 10.3 Å². The second-order valence-electron chi connectivity index (χ2n) is 4.10. The second-order valence-corrected chi connectivity index (χ2v) is 4.50. The van der Waals surface area contributed by atoms with E-state index in [1.165, 1.54) is 0 Å². The maximum atomic E-state index is 13.8. The molecule has 0 unspecified atom stereocenters. The molecule has 0 aliphatic heterocycles. The predicted octanol–water partition coefficient (Wildman–Crippen LogP) is 3.69. The third-order valence-corrected chi connectivity index (χ3v) is 2.95. The minimum absolute atomic E-state index is 0.158. The van der Waals surface area contributed by atoms with Crippen molar-refractivity contribution >= 4 is 11.6 Å². The van der Waals surface area contributed by atoms with Gasteiger partial charge in [-0.2, -0.15) is 0 Å². The predicted molar refractivity (Wildman–Crippen MR) is 73.2 cm³/mol. The Morgan fingerprint density at radius 2 is 2.11 bits per heavy atom. The standard InChI is InChI=1S/C14H14ClFN2O/c1-9-4-3-5-12(14(9)16)19-13-7-6-10(15)11(18-13)8-17-2/h3-7,17H,8H2,1-2H3. The molecule has 100 valence electrons. The van der Waals surface area contributed by atoms with Crippen LogP contribution in [0.4, 0.5) is 4.39 Å². The Bertz CT molecular complexity index is 590. The third-order valence-electron chi connectivity index (χ3n) is 2.61. The van der Waals surface area contributed by atoms with Gasteiger partial charge in [-0.3, -0.25) is 0 Å². The number of ether oxygens (including phenoxy) is 1. The molecule has 2 rings (SSSR count). The highest BCUT2D eigenvalue weighted by atomic mass is 35.5. The van der Waals surface area contributed by atoms with Crippen LogP contribution in [0.5, 0.6) is 11.6 Å². The van der Waals surface area contributed by atoms with Crippen LogP contribution < -0.4 is 10.1 Å². The van der Waals surface area contributed by atoms with Gasteiger partial charge in [-0.05, 0) is 31.7 Å². The molecule has 0 saturated carbocycles. The number of nitrogens with zero attached hydrogens (tertiary/aromatic N) is 1. The number of nitrogens with one attached hydrogen (secondary N) is 1. The molecule has 1 aromatic carbocycles. The highest BCUT2D eigenvalue weighted by molar-refractivity contribution is 6.31. The van der Waals surface area contributed by atoms with E-state index in [9.17, 15) is 4.39 Å². The number of benzene rings is 1. The fourth-order valence-electron chi connectivity index (χ4n) is 1.62. The van der Waals surface area contributed by atoms with E-state index in [4.69, 9.17) is 16.3 Å². The summed E-state index contributed by atoms with van der Waals surface area (Å²) in [6, 6.07) is 8.28. The number of hydrogen-bond donors (Lipinski definition) is 1. The van der Waals surface area contributed by atoms with Gasteiger partial charge in [0.2, 0.25) is 5.88 Å². The number of aromatic nitrogens is 1. The van der Waals surface area contributed by atoms with Gasteiger partial charge in [-0.25, -0.2) is 9.37 Å². The van der Waals surface area contributed by atoms with Gasteiger partial charge in [-0.15, -0.1) is 0 Å². The first kappa shape index (κ1) is 13.8. The number of rotatable bonds is 4. The first-order valence-electron chi connectivity index (χ1n) is 5.85. The topological polar surface area (TPSA) is 34.2 Å². The van der Waals surface area contributed by atoms with E-state index in [0.29, 0.717) is 28.7 Å². The molecule has 2 aromatic rings. The molecule has 1 heterocycles. The molecule has 0 aliphatic carbocycles. The zero-order chi connectivity index (χ0) is 13.8. The van der Waals surface area contributed by atoms with Crippen LogP contribution in [0.25, 0.3) is 0 Å². The molecule has 0 radical (unpaired) electrons. The van der Waals surface area contributed by atoms with E-state index in [-0.39, 0.29) is 11.6 Å². The first-order chi connectivity index (χ1) is 9.11. The van der Waals surface area contributed by atoms with Crippen molar-refractivity contribution in [3.05, 3.63) is 52.4 Å². The van der Waals surface area contributed by atoms with Crippen LogP contribution in [0.1, 0.15) is 11.3 Å². The molecule has 0 saturated heterocycles. The van der Waals surface area contributed by atoms with E-state index in [1.54, 1.807) is 44.3 Å². The SMILES string of the molecule is CNCc1nc(Oc2cccc(C)c2F)ccc1Cl. The fourth-order valence-corrected chi connectivity index (χ4v) is 1.80. The van der Waals surface area contributed by atoms with Gasteiger partial charge in [0.25, 0.3) is 0 Å². The van der Waals surface area contributed by atoms with Gasteiger partial charge in [0.05, 0.1) is 10.7 Å². The summed E-state index contributed by atoms with van der Waals surface area (Å²) in [7, 11) is 1.80. The van der Waals surface area contributed by atoms with Crippen LogP contribution in [0.15, 0.2) is 30.3 Å². The minimum Gasteiger partial charge on any atom is -0.436 e. The Balaban J connectivity index is 2.28. The zero-order valence-corrected chi connectivity index (χ0v) is 11.5. The van der Waals surface area contributed by atoms with Crippen LogP contribution in [0, 0.1) is 12.7 Å². The zero-order valence-electron chi connectivity index (χ0n) is 10.7. The van der Waals surface area contributed by atoms with Gasteiger partial charge in [-0.1, -0.05) is 23.7 Å². The number of aryl methyl sites for hydroxylation is 1. The Hall–Kier alpha value is -1.65. The Labute approximate surface area is 116 Å². The maximum Gasteiger partial charge on any atom is 0.219 e. The van der Waals surface area contributed by atoms with Crippen molar-refractivity contribution in [3.8, 4) is 11.6 Å². The molecule has 0 aliphatic rings. The van der Waals surface area contributed by atoms with Gasteiger partial charge in [0.15, 0.2) is 11.6 Å². The van der Waals surface area contributed by atoms with Crippen molar-refractivity contribution in [2.75, 3.05) is 7.05 Å². The van der Waals surface area contributed by atoms with Crippen molar-refractivity contribution in [1.29, 1.82) is 0 Å². The van der Waals surface area contributed by atoms with Gasteiger partial charge in [0, 0.05) is 12.6 Å². The molecule has 1 N–H and O–H groups in total. The molecule has 3 nitrogen and oxygen atoms in total. The average Bonchev–Trinajstić information content (AvgIpc) is 2.39. The second kappa shape index (κ2) is 5.99. The number of hydrogen-bond acceptors (Lipinski definition) is 3. The van der Waals surface area contributed by atoms with Gasteiger partial charge >= 0.3 is 0 Å². The summed E-state index contributed by atoms with van der Waals surface area (Å²) in [6.45, 7) is 2.20. The lowest BCUT2D eigenvalue weighted by Gasteiger charge is -2.09. The molecule has 19 heavy (non-hydrogen) atoms. The average molecular weight is 281 g/mol. The summed E-state index contributed by atoms with van der Waals surface area (Å²) in [6.07, 6.45) is 0. The van der Waals surface area contributed by atoms with Gasteiger partial charge in [0.1, 0.15) is 0 Å². The summed E-state index contributed by atoms with van der Waals surface area (Å²) in [4.78, 5) is 4.24. The summed E-state index contributed by atoms with van der Waals surface area (Å²) in [5, 5.41) is 3.51. The molecular weight excluding hydrogens is 267 g/mol. The monoisotopic (exact) mass is 280 g/mol. The smallest absolute Gasteiger partial charge is 0.219 e. The van der Waals surface area contributed by atoms with Crippen molar-refractivity contribution in [3.63, 3.8) is 0 Å². The van der Waals surface area contributed by atoms with Crippen LogP contribution in [-0.2, 0) is 6.54 Å². The molecule has 1 aromatic heterocycles. The normalized spacial score (nSPS) is 10.5. The van der Waals surface area contributed by atoms with E-state index in [0.717, 1.165) is 0 Å². The van der Waals surface area contributed by atoms with Crippen molar-refractivity contribution < 1.29 is 9.13 Å². The van der Waals surface area contributed by atoms with Crippen LogP contribution in [0.3, 0.4) is 0 Å².